The van der Waals surface area contributed by atoms with Crippen molar-refractivity contribution in [1.29, 1.82) is 0 Å². The molecule has 0 amide bonds. The van der Waals surface area contributed by atoms with E-state index >= 15 is 0 Å². The van der Waals surface area contributed by atoms with Crippen LogP contribution in [-0.2, 0) is 0 Å². The lowest BCUT2D eigenvalue weighted by molar-refractivity contribution is 1.40. The number of anilines is 3. The van der Waals surface area contributed by atoms with Crippen molar-refractivity contribution < 1.29 is 0 Å². The van der Waals surface area contributed by atoms with Gasteiger partial charge in [-0.05, 0) is 43.0 Å². The minimum atomic E-state index is 0.779. The largest absolute Gasteiger partial charge is 0.397 e. The third-order valence-corrected chi connectivity index (χ3v) is 3.38. The fourth-order valence-corrected chi connectivity index (χ4v) is 2.24. The van der Waals surface area contributed by atoms with Crippen molar-refractivity contribution >= 4 is 28.8 Å². The maximum Gasteiger partial charge on any atom is 0.0618 e. The van der Waals surface area contributed by atoms with E-state index in [9.17, 15) is 0 Å². The topological polar surface area (TPSA) is 38.0 Å². The quantitative estimate of drug-likeness (QED) is 0.632. The lowest BCUT2D eigenvalue weighted by atomic mass is 10.2. The molecule has 0 heterocycles. The summed E-state index contributed by atoms with van der Waals surface area (Å²) in [7, 11) is 0. The van der Waals surface area contributed by atoms with Crippen LogP contribution in [0.5, 0.6) is 0 Å². The summed E-state index contributed by atoms with van der Waals surface area (Å²) in [6, 6.07) is 14.3. The third-order valence-electron chi connectivity index (χ3n) is 2.58. The van der Waals surface area contributed by atoms with E-state index in [1.54, 1.807) is 11.8 Å². The molecule has 3 heteroatoms. The Labute approximate surface area is 106 Å². The smallest absolute Gasteiger partial charge is 0.0618 e. The number of nitrogens with one attached hydrogen (secondary N) is 1. The minimum Gasteiger partial charge on any atom is -0.397 e. The fraction of sp³-hybridized carbons (Fsp3) is 0.143. The van der Waals surface area contributed by atoms with E-state index in [0.29, 0.717) is 0 Å². The summed E-state index contributed by atoms with van der Waals surface area (Å²) in [5, 5.41) is 3.37. The van der Waals surface area contributed by atoms with Gasteiger partial charge in [0.2, 0.25) is 0 Å². The van der Waals surface area contributed by atoms with Gasteiger partial charge in [-0.15, -0.1) is 11.8 Å². The molecule has 0 radical (unpaired) electrons. The van der Waals surface area contributed by atoms with Gasteiger partial charge in [-0.25, -0.2) is 0 Å². The maximum absolute atomic E-state index is 5.99. The van der Waals surface area contributed by atoms with Gasteiger partial charge in [0.15, 0.2) is 0 Å². The van der Waals surface area contributed by atoms with E-state index in [0.717, 1.165) is 17.1 Å². The second kappa shape index (κ2) is 5.15. The molecule has 0 aliphatic carbocycles. The average Bonchev–Trinajstić information content (AvgIpc) is 2.33. The summed E-state index contributed by atoms with van der Waals surface area (Å²) in [6.45, 7) is 2.04. The highest BCUT2D eigenvalue weighted by Crippen LogP contribution is 2.30. The van der Waals surface area contributed by atoms with E-state index in [1.165, 1.54) is 10.5 Å². The predicted octanol–water partition coefficient (Wildman–Crippen LogP) is 4.04. The van der Waals surface area contributed by atoms with Gasteiger partial charge in [0.25, 0.3) is 0 Å². The molecule has 0 fully saturated rings. The first-order valence-corrected chi connectivity index (χ1v) is 6.69. The Kier molecular flexibility index (Phi) is 3.59. The Hall–Kier alpha value is -1.61. The Morgan fingerprint density at radius 2 is 1.82 bits per heavy atom. The van der Waals surface area contributed by atoms with E-state index in [1.807, 2.05) is 31.2 Å². The highest BCUT2D eigenvalue weighted by molar-refractivity contribution is 7.98. The molecule has 0 spiro atoms. The van der Waals surface area contributed by atoms with Gasteiger partial charge in [0, 0.05) is 4.90 Å². The van der Waals surface area contributed by atoms with Crippen LogP contribution in [0.1, 0.15) is 5.56 Å². The second-order valence-corrected chi connectivity index (χ2v) is 4.76. The molecule has 0 unspecified atom stereocenters. The maximum atomic E-state index is 5.99. The Morgan fingerprint density at radius 1 is 1.06 bits per heavy atom. The molecule has 0 aliphatic heterocycles. The molecule has 0 saturated heterocycles. The molecule has 0 atom stereocenters. The van der Waals surface area contributed by atoms with Crippen LogP contribution >= 0.6 is 11.8 Å². The first kappa shape index (κ1) is 11.9. The Bertz CT molecular complexity index is 523. The molecule has 88 valence electrons. The van der Waals surface area contributed by atoms with Crippen molar-refractivity contribution in [2.75, 3.05) is 17.3 Å². The number of nitrogen functional groups attached to an aromatic ring is 1. The van der Waals surface area contributed by atoms with Crippen LogP contribution in [0.3, 0.4) is 0 Å². The molecule has 2 nitrogen and oxygen atoms in total. The van der Waals surface area contributed by atoms with Crippen molar-refractivity contribution in [2.24, 2.45) is 0 Å². The van der Waals surface area contributed by atoms with Gasteiger partial charge < -0.3 is 11.1 Å². The number of hydrogen-bond acceptors (Lipinski definition) is 3. The summed E-state index contributed by atoms with van der Waals surface area (Å²) < 4.78 is 0. The van der Waals surface area contributed by atoms with Crippen LogP contribution in [0.2, 0.25) is 0 Å². The van der Waals surface area contributed by atoms with Gasteiger partial charge >= 0.3 is 0 Å². The van der Waals surface area contributed by atoms with Gasteiger partial charge in [-0.2, -0.15) is 0 Å². The summed E-state index contributed by atoms with van der Waals surface area (Å²) in [5.41, 5.74) is 9.99. The lowest BCUT2D eigenvalue weighted by Crippen LogP contribution is -1.97. The van der Waals surface area contributed by atoms with Gasteiger partial charge in [-0.1, -0.05) is 18.2 Å². The monoisotopic (exact) mass is 244 g/mol. The van der Waals surface area contributed by atoms with Crippen molar-refractivity contribution in [3.05, 3.63) is 48.0 Å². The van der Waals surface area contributed by atoms with Crippen LogP contribution in [-0.4, -0.2) is 6.26 Å². The highest BCUT2D eigenvalue weighted by atomic mass is 32.2. The molecule has 0 aromatic heterocycles. The number of hydrogen-bond donors (Lipinski definition) is 2. The summed E-state index contributed by atoms with van der Waals surface area (Å²) in [5.74, 6) is 0. The summed E-state index contributed by atoms with van der Waals surface area (Å²) in [4.78, 5) is 1.22. The number of rotatable bonds is 3. The molecule has 0 saturated carbocycles. The van der Waals surface area contributed by atoms with Gasteiger partial charge in [-0.3, -0.25) is 0 Å². The zero-order chi connectivity index (χ0) is 12.3. The van der Waals surface area contributed by atoms with Crippen LogP contribution in [0.25, 0.3) is 0 Å². The highest BCUT2D eigenvalue weighted by Gasteiger charge is 2.03. The molecular formula is C14H16N2S. The van der Waals surface area contributed by atoms with E-state index < -0.39 is 0 Å². The number of benzene rings is 2. The molecule has 17 heavy (non-hydrogen) atoms. The van der Waals surface area contributed by atoms with E-state index in [2.05, 4.69) is 29.8 Å². The van der Waals surface area contributed by atoms with Crippen LogP contribution < -0.4 is 11.1 Å². The standard InChI is InChI=1S/C14H16N2S/c1-10-7-8-12(11(15)9-10)16-13-5-3-4-6-14(13)17-2/h3-9,16H,15H2,1-2H3. The molecule has 3 N–H and O–H groups in total. The van der Waals surface area contributed by atoms with Crippen LogP contribution in [0, 0.1) is 6.92 Å². The first-order valence-electron chi connectivity index (χ1n) is 5.47. The third kappa shape index (κ3) is 2.74. The molecule has 2 aromatic carbocycles. The molecule has 2 aromatic rings. The fourth-order valence-electron chi connectivity index (χ4n) is 1.69. The lowest BCUT2D eigenvalue weighted by Gasteiger charge is -2.12. The van der Waals surface area contributed by atoms with Crippen molar-refractivity contribution in [3.63, 3.8) is 0 Å². The normalized spacial score (nSPS) is 10.2. The first-order chi connectivity index (χ1) is 8.20. The molecule has 0 aliphatic rings. The SMILES string of the molecule is CSc1ccccc1Nc1ccc(C)cc1N. The Balaban J connectivity index is 2.31. The molecule has 2 rings (SSSR count). The van der Waals surface area contributed by atoms with Crippen LogP contribution in [0.4, 0.5) is 17.1 Å². The van der Waals surface area contributed by atoms with Gasteiger partial charge in [0.05, 0.1) is 17.1 Å². The minimum absolute atomic E-state index is 0.779. The number of para-hydroxylation sites is 1. The zero-order valence-electron chi connectivity index (χ0n) is 10.0. The predicted molar refractivity (Wildman–Crippen MR) is 77.1 cm³/mol. The zero-order valence-corrected chi connectivity index (χ0v) is 10.8. The number of aryl methyl sites for hydroxylation is 1. The van der Waals surface area contributed by atoms with E-state index in [4.69, 9.17) is 5.73 Å². The average molecular weight is 244 g/mol. The van der Waals surface area contributed by atoms with Gasteiger partial charge in [0.1, 0.15) is 0 Å². The summed E-state index contributed by atoms with van der Waals surface area (Å²) >= 11 is 1.72. The molecular weight excluding hydrogens is 228 g/mol. The Morgan fingerprint density at radius 3 is 2.53 bits per heavy atom. The van der Waals surface area contributed by atoms with E-state index in [-0.39, 0.29) is 0 Å². The number of thioether (sulfide) groups is 1. The van der Waals surface area contributed by atoms with Crippen molar-refractivity contribution in [2.45, 2.75) is 11.8 Å². The molecule has 0 bridgehead atoms. The van der Waals surface area contributed by atoms with Crippen molar-refractivity contribution in [1.82, 2.24) is 0 Å². The van der Waals surface area contributed by atoms with Crippen LogP contribution in [0.15, 0.2) is 47.4 Å². The number of nitrogens with two attached hydrogens (primary N) is 1. The second-order valence-electron chi connectivity index (χ2n) is 3.92. The van der Waals surface area contributed by atoms with Crippen molar-refractivity contribution in [3.8, 4) is 0 Å². The summed E-state index contributed by atoms with van der Waals surface area (Å²) in [6.07, 6.45) is 2.07.